The van der Waals surface area contributed by atoms with Crippen LogP contribution in [0.25, 0.3) is 11.0 Å². The zero-order valence-electron chi connectivity index (χ0n) is 15.9. The molecule has 0 bridgehead atoms. The van der Waals surface area contributed by atoms with E-state index in [1.807, 2.05) is 18.5 Å². The number of aromatic nitrogens is 4. The van der Waals surface area contributed by atoms with Crippen molar-refractivity contribution in [3.63, 3.8) is 0 Å². The molecule has 2 heterocycles. The van der Waals surface area contributed by atoms with Crippen molar-refractivity contribution in [3.8, 4) is 0 Å². The van der Waals surface area contributed by atoms with Crippen molar-refractivity contribution in [2.24, 2.45) is 5.92 Å². The minimum absolute atomic E-state index is 0.0275. The van der Waals surface area contributed by atoms with E-state index in [9.17, 15) is 4.79 Å². The van der Waals surface area contributed by atoms with Crippen LogP contribution in [-0.4, -0.2) is 58.2 Å². The summed E-state index contributed by atoms with van der Waals surface area (Å²) in [6, 6.07) is 0. The van der Waals surface area contributed by atoms with E-state index in [-0.39, 0.29) is 11.8 Å². The number of anilines is 1. The van der Waals surface area contributed by atoms with Gasteiger partial charge in [-0.3, -0.25) is 4.79 Å². The molecule has 0 spiro atoms. The summed E-state index contributed by atoms with van der Waals surface area (Å²) in [4.78, 5) is 21.0. The molecule has 0 aliphatic rings. The lowest BCUT2D eigenvalue weighted by Gasteiger charge is -2.10. The highest BCUT2D eigenvalue weighted by atomic mass is 32.2. The van der Waals surface area contributed by atoms with Crippen molar-refractivity contribution in [1.82, 2.24) is 25.1 Å². The predicted octanol–water partition coefficient (Wildman–Crippen LogP) is 2.16. The summed E-state index contributed by atoms with van der Waals surface area (Å²) in [5.41, 5.74) is 0.775. The van der Waals surface area contributed by atoms with Gasteiger partial charge in [-0.1, -0.05) is 32.5 Å². The third-order valence-electron chi connectivity index (χ3n) is 3.66. The molecule has 0 aromatic carbocycles. The Labute approximate surface area is 158 Å². The number of ether oxygens (including phenoxy) is 1. The molecule has 9 heteroatoms. The van der Waals surface area contributed by atoms with E-state index in [1.165, 1.54) is 0 Å². The molecule has 2 aromatic heterocycles. The number of thioether (sulfide) groups is 1. The number of hydrogen-bond acceptors (Lipinski definition) is 7. The van der Waals surface area contributed by atoms with Gasteiger partial charge < -0.3 is 15.4 Å². The molecule has 2 N–H and O–H groups in total. The van der Waals surface area contributed by atoms with Gasteiger partial charge in [-0.05, 0) is 6.42 Å². The fourth-order valence-corrected chi connectivity index (χ4v) is 2.95. The molecule has 0 fully saturated rings. The fraction of sp³-hybridized carbons (Fsp3) is 0.647. The lowest BCUT2D eigenvalue weighted by atomic mass is 10.2. The summed E-state index contributed by atoms with van der Waals surface area (Å²) in [5.74, 6) is 1.74. The summed E-state index contributed by atoms with van der Waals surface area (Å²) in [5, 5.41) is 12.2. The maximum atomic E-state index is 11.7. The van der Waals surface area contributed by atoms with Crippen LogP contribution in [0.4, 0.5) is 5.82 Å². The van der Waals surface area contributed by atoms with Crippen molar-refractivity contribution >= 4 is 34.5 Å². The minimum atomic E-state index is -0.0275. The van der Waals surface area contributed by atoms with Crippen molar-refractivity contribution in [2.45, 2.75) is 38.9 Å². The second-order valence-corrected chi connectivity index (χ2v) is 7.24. The predicted molar refractivity (Wildman–Crippen MR) is 105 cm³/mol. The molecule has 2 aromatic rings. The van der Waals surface area contributed by atoms with Crippen LogP contribution in [0.15, 0.2) is 11.4 Å². The smallest absolute Gasteiger partial charge is 0.222 e. The lowest BCUT2D eigenvalue weighted by Crippen LogP contribution is -2.30. The third-order valence-corrected chi connectivity index (χ3v) is 4.71. The van der Waals surface area contributed by atoms with E-state index in [0.717, 1.165) is 34.2 Å². The Morgan fingerprint density at radius 2 is 2.15 bits per heavy atom. The topological polar surface area (TPSA) is 94.0 Å². The minimum Gasteiger partial charge on any atom is -0.383 e. The first-order valence-electron chi connectivity index (χ1n) is 8.93. The Bertz CT molecular complexity index is 719. The number of rotatable bonds is 11. The highest BCUT2D eigenvalue weighted by molar-refractivity contribution is 7.99. The average Bonchev–Trinajstić information content (AvgIpc) is 3.03. The molecule has 8 nitrogen and oxygen atoms in total. The van der Waals surface area contributed by atoms with Crippen LogP contribution in [-0.2, 0) is 16.1 Å². The molecule has 0 unspecified atom stereocenters. The van der Waals surface area contributed by atoms with Gasteiger partial charge in [-0.25, -0.2) is 14.6 Å². The van der Waals surface area contributed by atoms with Crippen LogP contribution in [0.2, 0.25) is 0 Å². The molecule has 1 amide bonds. The Balaban J connectivity index is 2.19. The maximum Gasteiger partial charge on any atom is 0.222 e. The maximum absolute atomic E-state index is 11.7. The molecule has 0 radical (unpaired) electrons. The van der Waals surface area contributed by atoms with Gasteiger partial charge in [-0.2, -0.15) is 5.10 Å². The summed E-state index contributed by atoms with van der Waals surface area (Å²) >= 11 is 1.63. The van der Waals surface area contributed by atoms with Gasteiger partial charge in [0.2, 0.25) is 5.91 Å². The molecule has 0 saturated carbocycles. The van der Waals surface area contributed by atoms with Crippen LogP contribution in [0.5, 0.6) is 0 Å². The van der Waals surface area contributed by atoms with Crippen LogP contribution >= 0.6 is 11.8 Å². The molecular formula is C17H28N6O2S. The standard InChI is InChI=1S/C17H28N6O2S/c1-5-10-26-17-21-14(18-7-9-25-4)13-11-20-23(15(13)22-17)8-6-19-16(24)12(2)3/h11-12H,5-10H2,1-4H3,(H,19,24)(H,18,21,22). The zero-order valence-corrected chi connectivity index (χ0v) is 16.7. The van der Waals surface area contributed by atoms with E-state index < -0.39 is 0 Å². The van der Waals surface area contributed by atoms with Gasteiger partial charge in [0.15, 0.2) is 10.8 Å². The Hall–Kier alpha value is -1.87. The molecule has 0 saturated heterocycles. The van der Waals surface area contributed by atoms with E-state index in [1.54, 1.807) is 25.1 Å². The Morgan fingerprint density at radius 3 is 2.85 bits per heavy atom. The molecule has 144 valence electrons. The molecule has 0 aliphatic carbocycles. The number of nitrogens with one attached hydrogen (secondary N) is 2. The van der Waals surface area contributed by atoms with Gasteiger partial charge in [0.25, 0.3) is 0 Å². The quantitative estimate of drug-likeness (QED) is 0.350. The molecule has 2 rings (SSSR count). The van der Waals surface area contributed by atoms with E-state index in [2.05, 4.69) is 32.6 Å². The number of methoxy groups -OCH3 is 1. The summed E-state index contributed by atoms with van der Waals surface area (Å²) < 4.78 is 6.91. The van der Waals surface area contributed by atoms with Crippen LogP contribution in [0.3, 0.4) is 0 Å². The SMILES string of the molecule is CCCSc1nc(NCCOC)c2cnn(CCNC(=O)C(C)C)c2n1. The number of carbonyl (C=O) groups excluding carboxylic acids is 1. The molecule has 26 heavy (non-hydrogen) atoms. The highest BCUT2D eigenvalue weighted by Gasteiger charge is 2.14. The Kier molecular flexibility index (Phi) is 8.11. The summed E-state index contributed by atoms with van der Waals surface area (Å²) in [6.07, 6.45) is 2.82. The van der Waals surface area contributed by atoms with Crippen molar-refractivity contribution in [2.75, 3.05) is 37.9 Å². The number of carbonyl (C=O) groups is 1. The summed E-state index contributed by atoms with van der Waals surface area (Å²) in [7, 11) is 1.67. The fourth-order valence-electron chi connectivity index (χ4n) is 2.25. The second-order valence-electron chi connectivity index (χ2n) is 6.17. The monoisotopic (exact) mass is 380 g/mol. The van der Waals surface area contributed by atoms with Gasteiger partial charge in [0, 0.05) is 31.9 Å². The van der Waals surface area contributed by atoms with Gasteiger partial charge >= 0.3 is 0 Å². The van der Waals surface area contributed by atoms with Gasteiger partial charge in [0.1, 0.15) is 5.82 Å². The van der Waals surface area contributed by atoms with E-state index in [0.29, 0.717) is 26.2 Å². The average molecular weight is 381 g/mol. The van der Waals surface area contributed by atoms with Gasteiger partial charge in [-0.15, -0.1) is 0 Å². The number of nitrogens with zero attached hydrogens (tertiary/aromatic N) is 4. The first kappa shape index (κ1) is 20.4. The third kappa shape index (κ3) is 5.57. The second kappa shape index (κ2) is 10.3. The first-order valence-corrected chi connectivity index (χ1v) is 9.92. The van der Waals surface area contributed by atoms with Crippen LogP contribution in [0, 0.1) is 5.92 Å². The van der Waals surface area contributed by atoms with Gasteiger partial charge in [0.05, 0.1) is 24.7 Å². The molecule has 0 aliphatic heterocycles. The Morgan fingerprint density at radius 1 is 1.35 bits per heavy atom. The van der Waals surface area contributed by atoms with Crippen molar-refractivity contribution in [3.05, 3.63) is 6.20 Å². The van der Waals surface area contributed by atoms with Crippen molar-refractivity contribution < 1.29 is 9.53 Å². The van der Waals surface area contributed by atoms with Crippen molar-refractivity contribution in [1.29, 1.82) is 0 Å². The number of fused-ring (bicyclic) bond motifs is 1. The number of hydrogen-bond donors (Lipinski definition) is 2. The summed E-state index contributed by atoms with van der Waals surface area (Å²) in [6.45, 7) is 8.22. The van der Waals surface area contributed by atoms with Crippen LogP contribution < -0.4 is 10.6 Å². The van der Waals surface area contributed by atoms with Crippen LogP contribution in [0.1, 0.15) is 27.2 Å². The van der Waals surface area contributed by atoms with E-state index in [4.69, 9.17) is 4.74 Å². The largest absolute Gasteiger partial charge is 0.383 e. The molecule has 0 atom stereocenters. The highest BCUT2D eigenvalue weighted by Crippen LogP contribution is 2.24. The first-order chi connectivity index (χ1) is 12.6. The zero-order chi connectivity index (χ0) is 18.9. The lowest BCUT2D eigenvalue weighted by molar-refractivity contribution is -0.124. The van der Waals surface area contributed by atoms with E-state index >= 15 is 0 Å². The number of amides is 1. The normalized spacial score (nSPS) is 11.3. The molecular weight excluding hydrogens is 352 g/mol.